The Hall–Kier alpha value is -4.03. The van der Waals surface area contributed by atoms with E-state index in [4.69, 9.17) is 4.42 Å². The van der Waals surface area contributed by atoms with E-state index >= 15 is 0 Å². The van der Waals surface area contributed by atoms with Crippen LogP contribution in [0.2, 0.25) is 0 Å². The second-order valence-electron chi connectivity index (χ2n) is 8.43. The van der Waals surface area contributed by atoms with E-state index < -0.39 is 0 Å². The SMILES string of the molecule is c1ccc2c(c1)-c1c(oc3ccccc13)B1N2c2sc3ccccc3c2N1c1ccncc1. The monoisotopic (exact) mass is 441 g/mol. The number of para-hydroxylation sites is 2. The van der Waals surface area contributed by atoms with Crippen molar-refractivity contribution < 1.29 is 4.42 Å². The third kappa shape index (κ3) is 2.18. The lowest BCUT2D eigenvalue weighted by molar-refractivity contribution is 0.649. The first-order valence-electron chi connectivity index (χ1n) is 11.0. The minimum absolute atomic E-state index is 0.101. The summed E-state index contributed by atoms with van der Waals surface area (Å²) in [4.78, 5) is 9.16. The van der Waals surface area contributed by atoms with Gasteiger partial charge in [0.25, 0.3) is 0 Å². The molecule has 0 saturated heterocycles. The fourth-order valence-electron chi connectivity index (χ4n) is 5.43. The van der Waals surface area contributed by atoms with Crippen LogP contribution in [0.4, 0.5) is 22.1 Å². The summed E-state index contributed by atoms with van der Waals surface area (Å²) in [7, 11) is 0. The van der Waals surface area contributed by atoms with Crippen molar-refractivity contribution in [1.82, 2.24) is 4.98 Å². The average Bonchev–Trinajstić information content (AvgIpc) is 3.53. The van der Waals surface area contributed by atoms with Gasteiger partial charge in [0.15, 0.2) is 0 Å². The Morgan fingerprint density at radius 2 is 1.52 bits per heavy atom. The topological polar surface area (TPSA) is 32.5 Å². The first kappa shape index (κ1) is 17.5. The molecule has 6 aromatic rings. The van der Waals surface area contributed by atoms with Crippen molar-refractivity contribution in [2.24, 2.45) is 0 Å². The van der Waals surface area contributed by atoms with Gasteiger partial charge in [0.1, 0.15) is 16.2 Å². The zero-order valence-electron chi connectivity index (χ0n) is 17.5. The van der Waals surface area contributed by atoms with Crippen LogP contribution in [0.15, 0.2) is 102 Å². The molecule has 33 heavy (non-hydrogen) atoms. The van der Waals surface area contributed by atoms with Gasteiger partial charge in [0, 0.05) is 50.4 Å². The molecule has 0 bridgehead atoms. The van der Waals surface area contributed by atoms with Crippen molar-refractivity contribution in [1.29, 1.82) is 0 Å². The Morgan fingerprint density at radius 3 is 2.42 bits per heavy atom. The van der Waals surface area contributed by atoms with E-state index in [0.717, 1.165) is 22.3 Å². The van der Waals surface area contributed by atoms with Crippen molar-refractivity contribution in [3.05, 3.63) is 97.3 Å². The lowest BCUT2D eigenvalue weighted by Crippen LogP contribution is -2.55. The van der Waals surface area contributed by atoms with Crippen LogP contribution in [-0.4, -0.2) is 12.0 Å². The van der Waals surface area contributed by atoms with Gasteiger partial charge in [0.05, 0.1) is 5.69 Å². The Morgan fingerprint density at radius 1 is 0.758 bits per heavy atom. The van der Waals surface area contributed by atoms with E-state index in [1.807, 2.05) is 29.8 Å². The smallest absolute Gasteiger partial charge is 0.460 e. The van der Waals surface area contributed by atoms with Gasteiger partial charge in [0.2, 0.25) is 0 Å². The number of nitrogens with zero attached hydrogens (tertiary/aromatic N) is 3. The highest BCUT2D eigenvalue weighted by Crippen LogP contribution is 2.57. The largest absolute Gasteiger partial charge is 0.465 e. The maximum absolute atomic E-state index is 6.63. The average molecular weight is 441 g/mol. The van der Waals surface area contributed by atoms with Crippen LogP contribution >= 0.6 is 11.3 Å². The third-order valence-electron chi connectivity index (χ3n) is 6.73. The fraction of sp³-hybridized carbons (Fsp3) is 0. The summed E-state index contributed by atoms with van der Waals surface area (Å²) < 4.78 is 7.92. The molecule has 0 amide bonds. The van der Waals surface area contributed by atoms with Crippen molar-refractivity contribution in [2.45, 2.75) is 0 Å². The molecular weight excluding hydrogens is 425 g/mol. The number of aromatic nitrogens is 1. The van der Waals surface area contributed by atoms with Crippen LogP contribution in [0, 0.1) is 0 Å². The molecule has 2 aliphatic rings. The Labute approximate surface area is 194 Å². The van der Waals surface area contributed by atoms with Gasteiger partial charge < -0.3 is 14.0 Å². The summed E-state index contributed by atoms with van der Waals surface area (Å²) in [5.41, 5.74) is 7.87. The lowest BCUT2D eigenvalue weighted by Gasteiger charge is -2.33. The van der Waals surface area contributed by atoms with E-state index in [0.29, 0.717) is 0 Å². The summed E-state index contributed by atoms with van der Waals surface area (Å²) in [5.74, 6) is 0. The van der Waals surface area contributed by atoms with Crippen molar-refractivity contribution in [2.75, 3.05) is 9.62 Å². The molecule has 4 nitrogen and oxygen atoms in total. The summed E-state index contributed by atoms with van der Waals surface area (Å²) in [6, 6.07) is 29.9. The number of fused-ring (bicyclic) bond motifs is 12. The number of anilines is 4. The maximum atomic E-state index is 6.63. The number of furan rings is 1. The zero-order valence-corrected chi connectivity index (χ0v) is 18.3. The normalized spacial score (nSPS) is 13.9. The van der Waals surface area contributed by atoms with Crippen LogP contribution in [-0.2, 0) is 0 Å². The minimum atomic E-state index is -0.101. The highest BCUT2D eigenvalue weighted by atomic mass is 32.1. The first-order chi connectivity index (χ1) is 16.4. The molecule has 154 valence electrons. The van der Waals surface area contributed by atoms with Gasteiger partial charge in [-0.15, -0.1) is 11.3 Å². The molecule has 3 aromatic carbocycles. The quantitative estimate of drug-likeness (QED) is 0.266. The fourth-order valence-corrected chi connectivity index (χ4v) is 6.66. The van der Waals surface area contributed by atoms with Crippen LogP contribution in [0.1, 0.15) is 0 Å². The molecule has 5 heterocycles. The number of pyridine rings is 1. The van der Waals surface area contributed by atoms with Crippen molar-refractivity contribution in [3.8, 4) is 11.1 Å². The number of thiophene rings is 1. The molecule has 0 N–H and O–H groups in total. The van der Waals surface area contributed by atoms with Crippen molar-refractivity contribution in [3.63, 3.8) is 0 Å². The van der Waals surface area contributed by atoms with E-state index in [2.05, 4.69) is 93.5 Å². The molecule has 6 heteroatoms. The van der Waals surface area contributed by atoms with Gasteiger partial charge >= 0.3 is 6.98 Å². The molecule has 0 spiro atoms. The van der Waals surface area contributed by atoms with Gasteiger partial charge in [-0.1, -0.05) is 54.6 Å². The van der Waals surface area contributed by atoms with E-state index in [1.165, 1.54) is 37.6 Å². The minimum Gasteiger partial charge on any atom is -0.465 e. The van der Waals surface area contributed by atoms with Gasteiger partial charge in [-0.2, -0.15) is 0 Å². The van der Waals surface area contributed by atoms with Crippen molar-refractivity contribution >= 4 is 67.1 Å². The second-order valence-corrected chi connectivity index (χ2v) is 9.46. The Balaban J connectivity index is 1.52. The molecule has 3 aromatic heterocycles. The van der Waals surface area contributed by atoms with Crippen LogP contribution in [0.25, 0.3) is 32.2 Å². The predicted octanol–water partition coefficient (Wildman–Crippen LogP) is 6.71. The summed E-state index contributed by atoms with van der Waals surface area (Å²) in [6.45, 7) is -0.101. The summed E-state index contributed by atoms with van der Waals surface area (Å²) in [6.07, 6.45) is 3.73. The number of hydrogen-bond donors (Lipinski definition) is 0. The predicted molar refractivity (Wildman–Crippen MR) is 137 cm³/mol. The molecule has 2 aliphatic heterocycles. The highest BCUT2D eigenvalue weighted by Gasteiger charge is 2.52. The zero-order chi connectivity index (χ0) is 21.5. The molecule has 0 radical (unpaired) electrons. The van der Waals surface area contributed by atoms with Crippen LogP contribution in [0.3, 0.4) is 0 Å². The summed E-state index contributed by atoms with van der Waals surface area (Å²) in [5, 5.41) is 3.67. The van der Waals surface area contributed by atoms with E-state index in [-0.39, 0.29) is 6.98 Å². The number of rotatable bonds is 1. The second kappa shape index (κ2) is 6.27. The molecule has 0 aliphatic carbocycles. The van der Waals surface area contributed by atoms with Gasteiger partial charge in [-0.3, -0.25) is 4.98 Å². The van der Waals surface area contributed by atoms with Gasteiger partial charge in [-0.05, 0) is 30.3 Å². The molecule has 0 atom stereocenters. The molecule has 8 rings (SSSR count). The standard InChI is InChI=1S/C27H16BN3OS/c1-4-10-21-18(7-1)24-19-8-2-5-11-22(19)32-26(24)28-30(17-13-15-29-16-14-17)25-20-9-3-6-12-23(20)33-27(25)31(21)28/h1-16H. The third-order valence-corrected chi connectivity index (χ3v) is 7.89. The Kier molecular flexibility index (Phi) is 3.33. The first-order valence-corrected chi connectivity index (χ1v) is 11.8. The van der Waals surface area contributed by atoms with Crippen LogP contribution in [0.5, 0.6) is 0 Å². The highest BCUT2D eigenvalue weighted by molar-refractivity contribution is 7.25. The maximum Gasteiger partial charge on any atom is 0.460 e. The Bertz CT molecular complexity index is 1710. The van der Waals surface area contributed by atoms with E-state index in [1.54, 1.807) is 0 Å². The van der Waals surface area contributed by atoms with E-state index in [9.17, 15) is 0 Å². The molecule has 0 saturated carbocycles. The molecule has 0 fully saturated rings. The van der Waals surface area contributed by atoms with Crippen LogP contribution < -0.4 is 15.3 Å². The van der Waals surface area contributed by atoms with Gasteiger partial charge in [-0.25, -0.2) is 0 Å². The molecule has 0 unspecified atom stereocenters. The lowest BCUT2D eigenvalue weighted by atomic mass is 9.63. The summed E-state index contributed by atoms with van der Waals surface area (Å²) >= 11 is 1.84. The number of benzene rings is 3. The number of hydrogen-bond acceptors (Lipinski definition) is 5. The molecular formula is C27H16BN3OS.